The number of halogens is 1. The number of aromatic nitrogens is 4. The molecule has 24 nitrogen and oxygen atoms in total. The number of aryl methyl sites for hydroxylation is 3. The number of aromatic amines is 1. The number of fused-ring (bicyclic) bond motifs is 4. The van der Waals surface area contributed by atoms with Gasteiger partial charge in [-0.2, -0.15) is 8.42 Å². The molecule has 4 aliphatic rings. The number of hydrogen-bond acceptors (Lipinski definition) is 17. The second kappa shape index (κ2) is 34.6. The van der Waals surface area contributed by atoms with Crippen LogP contribution in [-0.4, -0.2) is 198 Å². The van der Waals surface area contributed by atoms with Crippen molar-refractivity contribution in [3.8, 4) is 0 Å². The Morgan fingerprint density at radius 1 is 0.366 bits per heavy atom. The fraction of sp³-hybridized carbons (Fsp3) is 0.369. The maximum absolute atomic E-state index is 13.3. The Bertz CT molecular complexity index is 5430. The van der Waals surface area contributed by atoms with Gasteiger partial charge < -0.3 is 72.5 Å². The summed E-state index contributed by atoms with van der Waals surface area (Å²) in [5.74, 6) is 0. The average Bonchev–Trinajstić information content (AvgIpc) is 1.58. The first-order valence-electron chi connectivity index (χ1n) is 37.6. The standard InChI is InChI=1S/C24H29N3O4S.C19H21N3O2S.C18H25N3O2.C17H23N3O2.C6H5FO2S/c1-24(2,3)31-23(28)27-15-13-26(14-16-27)21-12-8-11-20-19(21)17-22(25(20)4)32(29,30)18-9-6-5-7-10-18;1-21-17-8-5-9-18(22-12-10-20-11-13-22)16(17)14-19(21)25(23,24)15-6-3-2-4-7-15;1-18(2,3)23-17(22)21-12-10-20(11-13-21)16-7-5-6-15-14(16)8-9-19(15)4;1-17(2,3)22-16(21)20-11-9-19(10-12-20)15-6-4-5-14-13(15)7-8-18-14;7-10(8,9)6-4-2-1-3-5-6/h5-12,17H,13-16H2,1-4H3;2-9,14,20H,10-13H2,1H3;5-9H,10-13H2,1-4H3;4-8,18H,9-12H2,1-3H3;1-5H. The number of anilines is 4. The van der Waals surface area contributed by atoms with E-state index in [0.29, 0.717) is 62.3 Å². The van der Waals surface area contributed by atoms with E-state index in [1.807, 2.05) is 118 Å². The van der Waals surface area contributed by atoms with Crippen LogP contribution in [0.25, 0.3) is 43.6 Å². The summed E-state index contributed by atoms with van der Waals surface area (Å²) in [6.45, 7) is 29.2. The first-order chi connectivity index (χ1) is 53.1. The van der Waals surface area contributed by atoms with Gasteiger partial charge in [-0.05, 0) is 172 Å². The third-order valence-corrected chi connectivity index (χ3v) is 24.0. The van der Waals surface area contributed by atoms with Crippen LogP contribution in [0.4, 0.5) is 41.0 Å². The minimum absolute atomic E-state index is 0.213. The number of sulfone groups is 2. The van der Waals surface area contributed by atoms with Gasteiger partial charge in [-0.1, -0.05) is 78.9 Å². The molecular formula is C84H103FN12O12S3. The number of carbonyl (C=O) groups excluding carboxylic acids is 3. The molecular weight excluding hydrogens is 1480 g/mol. The first kappa shape index (κ1) is 82.4. The van der Waals surface area contributed by atoms with Gasteiger partial charge in [0.1, 0.15) is 26.9 Å². The molecule has 0 aliphatic carbocycles. The topological polar surface area (TPSA) is 247 Å². The Labute approximate surface area is 656 Å². The molecule has 0 saturated carbocycles. The zero-order valence-corrected chi connectivity index (χ0v) is 68.3. The lowest BCUT2D eigenvalue weighted by molar-refractivity contribution is 0.0230. The van der Waals surface area contributed by atoms with Gasteiger partial charge in [0.2, 0.25) is 19.7 Å². The molecule has 0 spiro atoms. The van der Waals surface area contributed by atoms with Crippen LogP contribution in [0.15, 0.2) is 225 Å². The number of carbonyl (C=O) groups is 3. The van der Waals surface area contributed by atoms with E-state index in [-0.39, 0.29) is 33.1 Å². The molecule has 596 valence electrons. The molecule has 4 saturated heterocycles. The van der Waals surface area contributed by atoms with Crippen LogP contribution >= 0.6 is 0 Å². The maximum Gasteiger partial charge on any atom is 0.410 e. The quantitative estimate of drug-likeness (QED) is 0.101. The van der Waals surface area contributed by atoms with Crippen LogP contribution in [0.5, 0.6) is 0 Å². The van der Waals surface area contributed by atoms with Crippen molar-refractivity contribution in [2.75, 3.05) is 124 Å². The lowest BCUT2D eigenvalue weighted by atomic mass is 10.1. The molecule has 2 N–H and O–H groups in total. The van der Waals surface area contributed by atoms with Crippen molar-refractivity contribution < 1.29 is 57.7 Å². The van der Waals surface area contributed by atoms with Gasteiger partial charge >= 0.3 is 28.5 Å². The van der Waals surface area contributed by atoms with Crippen molar-refractivity contribution in [3.05, 3.63) is 200 Å². The minimum atomic E-state index is -4.50. The highest BCUT2D eigenvalue weighted by atomic mass is 32.3. The Hall–Kier alpha value is -10.6. The molecule has 28 heteroatoms. The zero-order valence-electron chi connectivity index (χ0n) is 65.8. The molecule has 11 aromatic rings. The van der Waals surface area contributed by atoms with Crippen LogP contribution in [0.3, 0.4) is 0 Å². The second-order valence-corrected chi connectivity index (χ2v) is 36.0. The van der Waals surface area contributed by atoms with E-state index >= 15 is 0 Å². The Kier molecular flexibility index (Phi) is 25.5. The van der Waals surface area contributed by atoms with Crippen LogP contribution < -0.4 is 24.9 Å². The van der Waals surface area contributed by atoms with E-state index in [0.717, 1.165) is 91.1 Å². The summed E-state index contributed by atoms with van der Waals surface area (Å²) in [6.07, 6.45) is 3.32. The highest BCUT2D eigenvalue weighted by molar-refractivity contribution is 7.91. The highest BCUT2D eigenvalue weighted by Crippen LogP contribution is 2.37. The fourth-order valence-corrected chi connectivity index (χ4v) is 17.4. The molecule has 0 unspecified atom stereocenters. The van der Waals surface area contributed by atoms with E-state index in [4.69, 9.17) is 14.2 Å². The van der Waals surface area contributed by atoms with Crippen molar-refractivity contribution >= 4 is 115 Å². The SMILES string of the molecule is CC(C)(C)OC(=O)N1CCN(c2cccc3[nH]ccc23)CC1.Cn1c(S(=O)(=O)c2ccccc2)cc2c(N3CCN(C(=O)OC(C)(C)C)CC3)cccc21.Cn1c(S(=O)(=O)c2ccccc2)cc2c(N3CCNCC3)cccc21.Cn1ccc2c(N3CCN(C(=O)OC(C)(C)C)CC3)cccc21.O=S(=O)(F)c1ccccc1. The van der Waals surface area contributed by atoms with E-state index in [9.17, 15) is 43.5 Å². The third-order valence-electron chi connectivity index (χ3n) is 19.5. The molecule has 8 heterocycles. The minimum Gasteiger partial charge on any atom is -0.444 e. The van der Waals surface area contributed by atoms with Crippen LogP contribution in [0.1, 0.15) is 62.3 Å². The maximum atomic E-state index is 13.3. The summed E-state index contributed by atoms with van der Waals surface area (Å²) < 4.78 is 107. The highest BCUT2D eigenvalue weighted by Gasteiger charge is 2.32. The molecule has 112 heavy (non-hydrogen) atoms. The van der Waals surface area contributed by atoms with Crippen LogP contribution in [0.2, 0.25) is 0 Å². The van der Waals surface area contributed by atoms with Gasteiger partial charge in [-0.15, -0.1) is 3.89 Å². The molecule has 0 bridgehead atoms. The van der Waals surface area contributed by atoms with Gasteiger partial charge in [0, 0.05) is 194 Å². The molecule has 4 aromatic heterocycles. The number of rotatable bonds is 9. The number of H-pyrrole nitrogens is 1. The molecule has 15 rings (SSSR count). The van der Waals surface area contributed by atoms with Gasteiger partial charge in [-0.3, -0.25) is 0 Å². The molecule has 4 fully saturated rings. The zero-order chi connectivity index (χ0) is 80.5. The molecule has 4 aliphatic heterocycles. The lowest BCUT2D eigenvalue weighted by Crippen LogP contribution is -2.50. The number of ether oxygens (including phenoxy) is 3. The van der Waals surface area contributed by atoms with Gasteiger partial charge in [0.05, 0.1) is 25.7 Å². The molecule has 0 radical (unpaired) electrons. The molecule has 0 atom stereocenters. The summed E-state index contributed by atoms with van der Waals surface area (Å²) in [6, 6.07) is 56.5. The fourth-order valence-electron chi connectivity index (χ4n) is 13.9. The summed E-state index contributed by atoms with van der Waals surface area (Å²) in [7, 11) is -6.03. The number of hydrogen-bond donors (Lipinski definition) is 2. The van der Waals surface area contributed by atoms with E-state index in [2.05, 4.69) is 102 Å². The van der Waals surface area contributed by atoms with Crippen molar-refractivity contribution in [3.63, 3.8) is 0 Å². The first-order valence-corrected chi connectivity index (χ1v) is 41.9. The van der Waals surface area contributed by atoms with Gasteiger partial charge in [0.25, 0.3) is 0 Å². The molecule has 7 aromatic carbocycles. The van der Waals surface area contributed by atoms with Crippen molar-refractivity contribution in [1.82, 2.24) is 38.7 Å². The third kappa shape index (κ3) is 20.0. The number of nitrogens with zero attached hydrogens (tertiary/aromatic N) is 10. The normalized spacial score (nSPS) is 15.3. The van der Waals surface area contributed by atoms with Crippen molar-refractivity contribution in [1.29, 1.82) is 0 Å². The van der Waals surface area contributed by atoms with E-state index < -0.39 is 46.7 Å². The summed E-state index contributed by atoms with van der Waals surface area (Å²) in [4.78, 5) is 54.7. The number of nitrogens with one attached hydrogen (secondary N) is 2. The predicted octanol–water partition coefficient (Wildman–Crippen LogP) is 14.3. The van der Waals surface area contributed by atoms with E-state index in [1.165, 1.54) is 51.9 Å². The predicted molar refractivity (Wildman–Crippen MR) is 441 cm³/mol. The molecule has 3 amide bonds. The van der Waals surface area contributed by atoms with Crippen molar-refractivity contribution in [2.24, 2.45) is 21.1 Å². The van der Waals surface area contributed by atoms with E-state index in [1.54, 1.807) is 97.6 Å². The Morgan fingerprint density at radius 3 is 1.05 bits per heavy atom. The van der Waals surface area contributed by atoms with Crippen molar-refractivity contribution in [2.45, 2.75) is 104 Å². The summed E-state index contributed by atoms with van der Waals surface area (Å²) in [5, 5.41) is 8.31. The van der Waals surface area contributed by atoms with Crippen LogP contribution in [0, 0.1) is 0 Å². The van der Waals surface area contributed by atoms with Crippen LogP contribution in [-0.2, 0) is 65.3 Å². The van der Waals surface area contributed by atoms with Gasteiger partial charge in [0.15, 0.2) is 0 Å². The summed E-state index contributed by atoms with van der Waals surface area (Å²) in [5.41, 5.74) is 7.30. The number of amides is 3. The second-order valence-electron chi connectivity index (χ2n) is 30.8. The largest absolute Gasteiger partial charge is 0.444 e. The monoisotopic (exact) mass is 1590 g/mol. The lowest BCUT2D eigenvalue weighted by Gasteiger charge is -2.37. The smallest absolute Gasteiger partial charge is 0.410 e. The average molecular weight is 1590 g/mol. The Balaban J connectivity index is 0.000000143. The number of piperazine rings is 4. The Morgan fingerprint density at radius 2 is 0.696 bits per heavy atom. The number of benzene rings is 7. The summed E-state index contributed by atoms with van der Waals surface area (Å²) >= 11 is 0. The van der Waals surface area contributed by atoms with Gasteiger partial charge in [-0.25, -0.2) is 31.2 Å².